The zero-order chi connectivity index (χ0) is 20.1. The summed E-state index contributed by atoms with van der Waals surface area (Å²) in [5.74, 6) is -0.391. The predicted molar refractivity (Wildman–Crippen MR) is 106 cm³/mol. The van der Waals surface area contributed by atoms with E-state index in [9.17, 15) is 9.59 Å². The van der Waals surface area contributed by atoms with Crippen molar-refractivity contribution in [1.82, 2.24) is 25.6 Å². The Labute approximate surface area is 169 Å². The molecule has 1 unspecified atom stereocenters. The van der Waals surface area contributed by atoms with Gasteiger partial charge in [0.15, 0.2) is 5.69 Å². The minimum atomic E-state index is -0.374. The highest BCUT2D eigenvalue weighted by Gasteiger charge is 2.23. The minimum absolute atomic E-state index is 0.127. The van der Waals surface area contributed by atoms with Gasteiger partial charge in [0.25, 0.3) is 11.8 Å². The Hall–Kier alpha value is -2.78. The molecule has 1 aromatic heterocycles. The first kappa shape index (κ1) is 19.5. The lowest BCUT2D eigenvalue weighted by atomic mass is 10.1. The second kappa shape index (κ2) is 9.15. The summed E-state index contributed by atoms with van der Waals surface area (Å²) in [7, 11) is 0. The van der Waals surface area contributed by atoms with Gasteiger partial charge in [0, 0.05) is 18.8 Å². The van der Waals surface area contributed by atoms with Crippen molar-refractivity contribution in [2.75, 3.05) is 25.0 Å². The number of carbonyl (C=O) groups is 2. The van der Waals surface area contributed by atoms with Crippen LogP contribution in [-0.4, -0.2) is 52.6 Å². The number of rotatable bonds is 6. The molecule has 1 atom stereocenters. The molecule has 0 radical (unpaired) electrons. The van der Waals surface area contributed by atoms with E-state index in [0.29, 0.717) is 24.5 Å². The van der Waals surface area contributed by atoms with Crippen LogP contribution in [0.25, 0.3) is 0 Å². The van der Waals surface area contributed by atoms with Crippen LogP contribution < -0.4 is 16.0 Å². The quantitative estimate of drug-likeness (QED) is 0.676. The lowest BCUT2D eigenvalue weighted by Crippen LogP contribution is -2.29. The molecular weight excluding hydrogens is 372 g/mol. The van der Waals surface area contributed by atoms with Crippen LogP contribution in [0.2, 0.25) is 0 Å². The lowest BCUT2D eigenvalue weighted by Gasteiger charge is -2.22. The number of anilines is 1. The summed E-state index contributed by atoms with van der Waals surface area (Å²) >= 11 is 0. The Kier molecular flexibility index (Phi) is 6.16. The maximum atomic E-state index is 12.4. The summed E-state index contributed by atoms with van der Waals surface area (Å²) in [4.78, 5) is 24.6. The monoisotopic (exact) mass is 398 g/mol. The first-order valence-electron chi connectivity index (χ1n) is 10.1. The number of aromatic nitrogens is 3. The fourth-order valence-electron chi connectivity index (χ4n) is 3.67. The molecule has 154 valence electrons. The molecule has 3 N–H and O–H groups in total. The lowest BCUT2D eigenvalue weighted by molar-refractivity contribution is -0.124. The SMILES string of the molecule is O=C(NCc1cccc(NC(=O)C2CCCO2)c1)c1cn(C2CCNCC2)nn1. The van der Waals surface area contributed by atoms with Crippen LogP contribution in [0.15, 0.2) is 30.5 Å². The van der Waals surface area contributed by atoms with Gasteiger partial charge in [0.1, 0.15) is 6.10 Å². The summed E-state index contributed by atoms with van der Waals surface area (Å²) < 4.78 is 7.19. The van der Waals surface area contributed by atoms with E-state index in [0.717, 1.165) is 44.3 Å². The number of nitrogens with one attached hydrogen (secondary N) is 3. The number of hydrogen-bond acceptors (Lipinski definition) is 6. The van der Waals surface area contributed by atoms with Crippen molar-refractivity contribution in [3.8, 4) is 0 Å². The molecule has 0 saturated carbocycles. The van der Waals surface area contributed by atoms with Crippen molar-refractivity contribution >= 4 is 17.5 Å². The average Bonchev–Trinajstić information content (AvgIpc) is 3.45. The third-order valence-corrected chi connectivity index (χ3v) is 5.30. The van der Waals surface area contributed by atoms with Crippen LogP contribution in [-0.2, 0) is 16.1 Å². The number of carbonyl (C=O) groups excluding carboxylic acids is 2. The van der Waals surface area contributed by atoms with Gasteiger partial charge in [-0.05, 0) is 56.5 Å². The third kappa shape index (κ3) is 4.99. The topological polar surface area (TPSA) is 110 Å². The van der Waals surface area contributed by atoms with Crippen LogP contribution in [0.5, 0.6) is 0 Å². The van der Waals surface area contributed by atoms with E-state index in [4.69, 9.17) is 4.74 Å². The third-order valence-electron chi connectivity index (χ3n) is 5.30. The maximum absolute atomic E-state index is 12.4. The van der Waals surface area contributed by atoms with Gasteiger partial charge in [-0.15, -0.1) is 5.10 Å². The van der Waals surface area contributed by atoms with Gasteiger partial charge in [-0.3, -0.25) is 9.59 Å². The molecule has 2 fully saturated rings. The zero-order valence-electron chi connectivity index (χ0n) is 16.3. The molecule has 2 aliphatic heterocycles. The van der Waals surface area contributed by atoms with E-state index >= 15 is 0 Å². The van der Waals surface area contributed by atoms with E-state index in [1.54, 1.807) is 10.9 Å². The van der Waals surface area contributed by atoms with Gasteiger partial charge in [0.05, 0.1) is 12.2 Å². The highest BCUT2D eigenvalue weighted by atomic mass is 16.5. The average molecular weight is 398 g/mol. The number of hydrogen-bond donors (Lipinski definition) is 3. The van der Waals surface area contributed by atoms with Gasteiger partial charge in [-0.2, -0.15) is 0 Å². The molecule has 0 spiro atoms. The number of piperidine rings is 1. The van der Waals surface area contributed by atoms with Gasteiger partial charge < -0.3 is 20.7 Å². The molecule has 2 amide bonds. The molecule has 2 aliphatic rings. The summed E-state index contributed by atoms with van der Waals surface area (Å²) in [6, 6.07) is 7.70. The van der Waals surface area contributed by atoms with Crippen LogP contribution in [0.1, 0.15) is 47.8 Å². The summed E-state index contributed by atoms with van der Waals surface area (Å²) in [6.45, 7) is 2.87. The zero-order valence-corrected chi connectivity index (χ0v) is 16.3. The van der Waals surface area contributed by atoms with Gasteiger partial charge in [-0.25, -0.2) is 4.68 Å². The Morgan fingerprint density at radius 2 is 2.10 bits per heavy atom. The number of amides is 2. The van der Waals surface area contributed by atoms with E-state index in [1.165, 1.54) is 0 Å². The normalized spacial score (nSPS) is 19.8. The molecule has 4 rings (SSSR count). The van der Waals surface area contributed by atoms with Gasteiger partial charge in [0.2, 0.25) is 0 Å². The van der Waals surface area contributed by atoms with E-state index in [-0.39, 0.29) is 24.0 Å². The van der Waals surface area contributed by atoms with Gasteiger partial charge >= 0.3 is 0 Å². The number of nitrogens with zero attached hydrogens (tertiary/aromatic N) is 3. The van der Waals surface area contributed by atoms with Crippen LogP contribution in [0.3, 0.4) is 0 Å². The highest BCUT2D eigenvalue weighted by Crippen LogP contribution is 2.18. The summed E-state index contributed by atoms with van der Waals surface area (Å²) in [5.41, 5.74) is 1.88. The fourth-order valence-corrected chi connectivity index (χ4v) is 3.67. The Morgan fingerprint density at radius 3 is 2.90 bits per heavy atom. The van der Waals surface area contributed by atoms with Gasteiger partial charge in [-0.1, -0.05) is 17.3 Å². The molecule has 29 heavy (non-hydrogen) atoms. The standard InChI is InChI=1S/C20H26N6O3/c27-19(17-13-26(25-24-17)16-6-8-21-9-7-16)22-12-14-3-1-4-15(11-14)23-20(28)18-5-2-10-29-18/h1,3-4,11,13,16,18,21H,2,5-10,12H2,(H,22,27)(H,23,28). The van der Waals surface area contributed by atoms with E-state index in [2.05, 4.69) is 26.3 Å². The van der Waals surface area contributed by atoms with Crippen molar-refractivity contribution in [2.45, 2.75) is 44.4 Å². The summed E-state index contributed by atoms with van der Waals surface area (Å²) in [6.07, 6.45) is 4.96. The number of ether oxygens (including phenoxy) is 1. The first-order valence-corrected chi connectivity index (χ1v) is 10.1. The highest BCUT2D eigenvalue weighted by molar-refractivity contribution is 5.94. The van der Waals surface area contributed by atoms with Crippen LogP contribution in [0.4, 0.5) is 5.69 Å². The molecule has 2 aromatic rings. The van der Waals surface area contributed by atoms with Crippen molar-refractivity contribution in [1.29, 1.82) is 0 Å². The Balaban J connectivity index is 1.31. The first-order chi connectivity index (χ1) is 14.2. The Bertz CT molecular complexity index is 855. The molecular formula is C20H26N6O3. The second-order valence-electron chi connectivity index (χ2n) is 7.44. The van der Waals surface area contributed by atoms with Crippen molar-refractivity contribution in [3.05, 3.63) is 41.7 Å². The van der Waals surface area contributed by atoms with Crippen LogP contribution in [0, 0.1) is 0 Å². The molecule has 1 aromatic carbocycles. The van der Waals surface area contributed by atoms with Crippen molar-refractivity contribution < 1.29 is 14.3 Å². The molecule has 0 bridgehead atoms. The largest absolute Gasteiger partial charge is 0.368 e. The second-order valence-corrected chi connectivity index (χ2v) is 7.44. The number of benzene rings is 1. The van der Waals surface area contributed by atoms with E-state index in [1.807, 2.05) is 24.3 Å². The molecule has 0 aliphatic carbocycles. The van der Waals surface area contributed by atoms with Crippen molar-refractivity contribution in [3.63, 3.8) is 0 Å². The summed E-state index contributed by atoms with van der Waals surface area (Å²) in [5, 5.41) is 17.2. The minimum Gasteiger partial charge on any atom is -0.368 e. The molecule has 2 saturated heterocycles. The van der Waals surface area contributed by atoms with Crippen LogP contribution >= 0.6 is 0 Å². The maximum Gasteiger partial charge on any atom is 0.273 e. The smallest absolute Gasteiger partial charge is 0.273 e. The Morgan fingerprint density at radius 1 is 1.24 bits per heavy atom. The molecule has 9 nitrogen and oxygen atoms in total. The van der Waals surface area contributed by atoms with Crippen molar-refractivity contribution in [2.24, 2.45) is 0 Å². The fraction of sp³-hybridized carbons (Fsp3) is 0.500. The predicted octanol–water partition coefficient (Wildman–Crippen LogP) is 1.25. The van der Waals surface area contributed by atoms with E-state index < -0.39 is 0 Å². The molecule has 9 heteroatoms. The molecule has 3 heterocycles.